The van der Waals surface area contributed by atoms with Gasteiger partial charge in [-0.1, -0.05) is 182 Å². The lowest BCUT2D eigenvalue weighted by Crippen LogP contribution is -2.05. The molecule has 0 unspecified atom stereocenters. The standard InChI is InChI=1S/C62H38N6/c63-39-40-31-35-56(68-54-29-15-13-25-48(54)49-34-36-57-58(59(49)68)52-28-14-16-30-55(52)67(57)45-33-32-41-17-7-8-22-44(41)38-45)53(37-40)62-65-60(50-26-11-9-23-46(50)42-18-3-1-4-19-42)64-61(66-62)51-27-12-10-24-47(51)43-20-5-2-6-21-43/h1-38H. The van der Waals surface area contributed by atoms with Gasteiger partial charge in [-0.05, 0) is 81.6 Å². The van der Waals surface area contributed by atoms with Crippen molar-refractivity contribution in [3.8, 4) is 73.9 Å². The first-order valence-electron chi connectivity index (χ1n) is 22.8. The number of nitriles is 1. The fourth-order valence-corrected chi connectivity index (χ4v) is 10.2. The van der Waals surface area contributed by atoms with Crippen LogP contribution in [-0.2, 0) is 0 Å². The van der Waals surface area contributed by atoms with Crippen LogP contribution >= 0.6 is 0 Å². The summed E-state index contributed by atoms with van der Waals surface area (Å²) in [4.78, 5) is 16.2. The van der Waals surface area contributed by atoms with E-state index in [1.165, 1.54) is 10.8 Å². The molecule has 3 heterocycles. The Hall–Kier alpha value is -9.44. The predicted molar refractivity (Wildman–Crippen MR) is 278 cm³/mol. The zero-order chi connectivity index (χ0) is 45.1. The highest BCUT2D eigenvalue weighted by atomic mass is 15.1. The minimum atomic E-state index is 0.458. The van der Waals surface area contributed by atoms with Crippen molar-refractivity contribution < 1.29 is 0 Å². The molecule has 68 heavy (non-hydrogen) atoms. The van der Waals surface area contributed by atoms with Crippen molar-refractivity contribution in [2.24, 2.45) is 0 Å². The van der Waals surface area contributed by atoms with Crippen molar-refractivity contribution in [3.63, 3.8) is 0 Å². The van der Waals surface area contributed by atoms with Gasteiger partial charge in [-0.2, -0.15) is 5.26 Å². The third kappa shape index (κ3) is 6.29. The Kier molecular flexibility index (Phi) is 9.12. The van der Waals surface area contributed by atoms with Gasteiger partial charge in [0.15, 0.2) is 17.5 Å². The molecule has 13 rings (SSSR count). The summed E-state index contributed by atoms with van der Waals surface area (Å²) in [6.07, 6.45) is 0. The van der Waals surface area contributed by atoms with Crippen LogP contribution in [0.5, 0.6) is 0 Å². The molecule has 0 aliphatic heterocycles. The Balaban J connectivity index is 1.13. The predicted octanol–water partition coefficient (Wildman–Crippen LogP) is 15.4. The van der Waals surface area contributed by atoms with Gasteiger partial charge in [-0.15, -0.1) is 0 Å². The molecule has 0 amide bonds. The van der Waals surface area contributed by atoms with Crippen LogP contribution in [0.4, 0.5) is 0 Å². The fourth-order valence-electron chi connectivity index (χ4n) is 10.2. The highest BCUT2D eigenvalue weighted by molar-refractivity contribution is 6.26. The van der Waals surface area contributed by atoms with Crippen molar-refractivity contribution in [2.45, 2.75) is 0 Å². The second-order valence-electron chi connectivity index (χ2n) is 17.1. The van der Waals surface area contributed by atoms with E-state index in [1.807, 2.05) is 72.8 Å². The van der Waals surface area contributed by atoms with E-state index in [-0.39, 0.29) is 0 Å². The van der Waals surface area contributed by atoms with E-state index in [2.05, 4.69) is 173 Å². The van der Waals surface area contributed by atoms with Crippen molar-refractivity contribution >= 4 is 54.4 Å². The van der Waals surface area contributed by atoms with Gasteiger partial charge in [-0.3, -0.25) is 0 Å². The lowest BCUT2D eigenvalue weighted by molar-refractivity contribution is 1.06. The molecule has 0 radical (unpaired) electrons. The number of hydrogen-bond donors (Lipinski definition) is 0. The summed E-state index contributed by atoms with van der Waals surface area (Å²) in [6.45, 7) is 0. The Morgan fingerprint density at radius 1 is 0.353 bits per heavy atom. The number of nitrogens with zero attached hydrogens (tertiary/aromatic N) is 6. The molecule has 10 aromatic carbocycles. The first kappa shape index (κ1) is 39.0. The molecule has 0 bridgehead atoms. The van der Waals surface area contributed by atoms with E-state index in [1.54, 1.807) is 0 Å². The molecule has 0 aliphatic carbocycles. The Morgan fingerprint density at radius 3 is 1.53 bits per heavy atom. The van der Waals surface area contributed by atoms with Gasteiger partial charge in [-0.25, -0.2) is 15.0 Å². The second kappa shape index (κ2) is 15.9. The molecule has 3 aromatic heterocycles. The normalized spacial score (nSPS) is 11.5. The van der Waals surface area contributed by atoms with Crippen LogP contribution in [0.3, 0.4) is 0 Å². The third-order valence-corrected chi connectivity index (χ3v) is 13.2. The number of aromatic nitrogens is 5. The number of rotatable bonds is 7. The molecule has 0 spiro atoms. The quantitative estimate of drug-likeness (QED) is 0.160. The molecule has 0 saturated carbocycles. The number of hydrogen-bond acceptors (Lipinski definition) is 4. The molecule has 0 aliphatic rings. The Bertz CT molecular complexity index is 4060. The third-order valence-electron chi connectivity index (χ3n) is 13.2. The first-order chi connectivity index (χ1) is 33.7. The summed E-state index contributed by atoms with van der Waals surface area (Å²) >= 11 is 0. The van der Waals surface area contributed by atoms with Gasteiger partial charge < -0.3 is 9.13 Å². The average Bonchev–Trinajstić information content (AvgIpc) is 3.94. The summed E-state index contributed by atoms with van der Waals surface area (Å²) in [5.74, 6) is 1.52. The summed E-state index contributed by atoms with van der Waals surface area (Å²) in [5, 5.41) is 17.5. The maximum Gasteiger partial charge on any atom is 0.166 e. The van der Waals surface area contributed by atoms with Crippen LogP contribution in [0.15, 0.2) is 231 Å². The van der Waals surface area contributed by atoms with Crippen LogP contribution in [0.25, 0.3) is 122 Å². The van der Waals surface area contributed by atoms with Gasteiger partial charge >= 0.3 is 0 Å². The number of fused-ring (bicyclic) bond motifs is 8. The second-order valence-corrected chi connectivity index (χ2v) is 17.1. The highest BCUT2D eigenvalue weighted by Gasteiger charge is 2.25. The summed E-state index contributed by atoms with van der Waals surface area (Å²) < 4.78 is 4.75. The fraction of sp³-hybridized carbons (Fsp3) is 0. The van der Waals surface area contributed by atoms with Gasteiger partial charge in [0.25, 0.3) is 0 Å². The van der Waals surface area contributed by atoms with E-state index in [4.69, 9.17) is 15.0 Å². The zero-order valence-corrected chi connectivity index (χ0v) is 36.6. The molecule has 0 saturated heterocycles. The van der Waals surface area contributed by atoms with Crippen molar-refractivity contribution in [1.82, 2.24) is 24.1 Å². The summed E-state index contributed by atoms with van der Waals surface area (Å²) in [5.41, 5.74) is 13.3. The lowest BCUT2D eigenvalue weighted by Gasteiger charge is -2.17. The Morgan fingerprint density at radius 2 is 0.882 bits per heavy atom. The maximum atomic E-state index is 10.6. The molecule has 316 valence electrons. The van der Waals surface area contributed by atoms with E-state index < -0.39 is 0 Å². The molecule has 0 N–H and O–H groups in total. The van der Waals surface area contributed by atoms with Crippen LogP contribution in [0.1, 0.15) is 5.56 Å². The molecular weight excluding hydrogens is 829 g/mol. The van der Waals surface area contributed by atoms with E-state index in [0.717, 1.165) is 88.4 Å². The smallest absolute Gasteiger partial charge is 0.166 e. The van der Waals surface area contributed by atoms with Gasteiger partial charge in [0.1, 0.15) is 0 Å². The van der Waals surface area contributed by atoms with Crippen molar-refractivity contribution in [1.29, 1.82) is 5.26 Å². The summed E-state index contributed by atoms with van der Waals surface area (Å²) in [6, 6.07) is 82.6. The molecule has 0 atom stereocenters. The molecule has 6 nitrogen and oxygen atoms in total. The monoisotopic (exact) mass is 866 g/mol. The minimum absolute atomic E-state index is 0.458. The minimum Gasteiger partial charge on any atom is -0.309 e. The zero-order valence-electron chi connectivity index (χ0n) is 36.6. The SMILES string of the molecule is N#Cc1ccc(-n2c3ccccc3c3ccc4c(c5ccccc5n4-c4ccc5ccccc5c4)c32)c(-c2nc(-c3ccccc3-c3ccccc3)nc(-c3ccccc3-c3ccccc3)n2)c1. The van der Waals surface area contributed by atoms with Gasteiger partial charge in [0.2, 0.25) is 0 Å². The van der Waals surface area contributed by atoms with E-state index in [9.17, 15) is 5.26 Å². The van der Waals surface area contributed by atoms with Gasteiger partial charge in [0.05, 0.1) is 39.4 Å². The average molecular weight is 867 g/mol. The topological polar surface area (TPSA) is 72.3 Å². The van der Waals surface area contributed by atoms with Crippen molar-refractivity contribution in [2.75, 3.05) is 0 Å². The van der Waals surface area contributed by atoms with E-state index in [0.29, 0.717) is 28.6 Å². The number of para-hydroxylation sites is 2. The number of benzene rings is 10. The first-order valence-corrected chi connectivity index (χ1v) is 22.8. The summed E-state index contributed by atoms with van der Waals surface area (Å²) in [7, 11) is 0. The molecule has 6 heteroatoms. The van der Waals surface area contributed by atoms with Crippen LogP contribution < -0.4 is 0 Å². The maximum absolute atomic E-state index is 10.6. The highest BCUT2D eigenvalue weighted by Crippen LogP contribution is 2.44. The van der Waals surface area contributed by atoms with Gasteiger partial charge in [0, 0.05) is 43.9 Å². The van der Waals surface area contributed by atoms with Crippen molar-refractivity contribution in [3.05, 3.63) is 236 Å². The van der Waals surface area contributed by atoms with Crippen LogP contribution in [-0.4, -0.2) is 24.1 Å². The largest absolute Gasteiger partial charge is 0.309 e. The molecule has 0 fully saturated rings. The lowest BCUT2D eigenvalue weighted by atomic mass is 9.98. The molecular formula is C62H38N6. The molecule has 13 aromatic rings. The van der Waals surface area contributed by atoms with Crippen LogP contribution in [0.2, 0.25) is 0 Å². The Labute approximate surface area is 391 Å². The van der Waals surface area contributed by atoms with Crippen LogP contribution in [0, 0.1) is 11.3 Å². The van der Waals surface area contributed by atoms with E-state index >= 15 is 0 Å².